The van der Waals surface area contributed by atoms with Gasteiger partial charge >= 0.3 is 0 Å². The van der Waals surface area contributed by atoms with Gasteiger partial charge in [0.1, 0.15) is 0 Å². The summed E-state index contributed by atoms with van der Waals surface area (Å²) in [6.45, 7) is 3.04. The van der Waals surface area contributed by atoms with E-state index in [0.717, 1.165) is 43.6 Å². The zero-order valence-electron chi connectivity index (χ0n) is 13.0. The van der Waals surface area contributed by atoms with Crippen molar-refractivity contribution in [3.05, 3.63) is 30.2 Å². The van der Waals surface area contributed by atoms with Gasteiger partial charge in [0, 0.05) is 24.7 Å². The Labute approximate surface area is 130 Å². The summed E-state index contributed by atoms with van der Waals surface area (Å²) in [6.07, 6.45) is 10.1. The van der Waals surface area contributed by atoms with Crippen molar-refractivity contribution in [2.45, 2.75) is 51.0 Å². The van der Waals surface area contributed by atoms with E-state index < -0.39 is 0 Å². The van der Waals surface area contributed by atoms with Crippen LogP contribution in [-0.2, 0) is 10.3 Å². The molecule has 3 heterocycles. The van der Waals surface area contributed by atoms with Crippen molar-refractivity contribution in [3.8, 4) is 0 Å². The van der Waals surface area contributed by atoms with Gasteiger partial charge in [0.05, 0.1) is 17.4 Å². The van der Waals surface area contributed by atoms with Crippen molar-refractivity contribution in [3.63, 3.8) is 0 Å². The molecule has 116 valence electrons. The van der Waals surface area contributed by atoms with E-state index in [1.807, 2.05) is 22.8 Å². The quantitative estimate of drug-likeness (QED) is 0.856. The Morgan fingerprint density at radius 1 is 1.23 bits per heavy atom. The number of rotatable bonds is 2. The summed E-state index contributed by atoms with van der Waals surface area (Å²) < 4.78 is 1.89. The minimum absolute atomic E-state index is 0.229. The molecule has 1 aliphatic heterocycles. The zero-order chi connectivity index (χ0) is 15.2. The second kappa shape index (κ2) is 5.07. The Kier molecular flexibility index (Phi) is 3.17. The van der Waals surface area contributed by atoms with Crippen molar-refractivity contribution in [2.24, 2.45) is 5.92 Å². The Hall–Kier alpha value is -1.91. The molecule has 1 saturated heterocycles. The van der Waals surface area contributed by atoms with E-state index in [2.05, 4.69) is 21.9 Å². The SMILES string of the molecule is CC1(c2ccnc3ccnn23)CCCN1C(=O)C1CCCC1. The van der Waals surface area contributed by atoms with Gasteiger partial charge < -0.3 is 4.90 Å². The topological polar surface area (TPSA) is 50.5 Å². The number of hydrogen-bond acceptors (Lipinski definition) is 3. The molecule has 2 aromatic heterocycles. The minimum Gasteiger partial charge on any atom is -0.331 e. The smallest absolute Gasteiger partial charge is 0.226 e. The highest BCUT2D eigenvalue weighted by Crippen LogP contribution is 2.41. The highest BCUT2D eigenvalue weighted by Gasteiger charge is 2.44. The summed E-state index contributed by atoms with van der Waals surface area (Å²) in [4.78, 5) is 19.5. The summed E-state index contributed by atoms with van der Waals surface area (Å²) >= 11 is 0. The van der Waals surface area contributed by atoms with Gasteiger partial charge in [-0.3, -0.25) is 4.79 Å². The van der Waals surface area contributed by atoms with Gasteiger partial charge in [0.15, 0.2) is 5.65 Å². The first-order valence-corrected chi connectivity index (χ1v) is 8.31. The maximum atomic E-state index is 13.0. The average molecular weight is 298 g/mol. The summed E-state index contributed by atoms with van der Waals surface area (Å²) in [6, 6.07) is 3.92. The molecule has 0 bridgehead atoms. The summed E-state index contributed by atoms with van der Waals surface area (Å²) in [5, 5.41) is 4.42. The summed E-state index contributed by atoms with van der Waals surface area (Å²) in [5.74, 6) is 0.571. The van der Waals surface area contributed by atoms with Crippen molar-refractivity contribution >= 4 is 11.6 Å². The molecular weight excluding hydrogens is 276 g/mol. The van der Waals surface area contributed by atoms with Crippen LogP contribution in [0.1, 0.15) is 51.1 Å². The minimum atomic E-state index is -0.271. The first-order valence-electron chi connectivity index (χ1n) is 8.31. The fraction of sp³-hybridized carbons (Fsp3) is 0.588. The van der Waals surface area contributed by atoms with Crippen LogP contribution in [0, 0.1) is 5.92 Å². The maximum Gasteiger partial charge on any atom is 0.226 e. The van der Waals surface area contributed by atoms with Crippen LogP contribution in [0.2, 0.25) is 0 Å². The second-order valence-corrected chi connectivity index (χ2v) is 6.78. The fourth-order valence-corrected chi connectivity index (χ4v) is 4.22. The Balaban J connectivity index is 1.74. The van der Waals surface area contributed by atoms with Gasteiger partial charge in [0.25, 0.3) is 0 Å². The molecule has 1 saturated carbocycles. The number of carbonyl (C=O) groups is 1. The number of likely N-dealkylation sites (tertiary alicyclic amines) is 1. The van der Waals surface area contributed by atoms with E-state index in [4.69, 9.17) is 0 Å². The lowest BCUT2D eigenvalue weighted by molar-refractivity contribution is -0.139. The van der Waals surface area contributed by atoms with Crippen LogP contribution in [0.4, 0.5) is 0 Å². The third kappa shape index (κ3) is 1.95. The molecule has 1 aliphatic carbocycles. The summed E-state index contributed by atoms with van der Waals surface area (Å²) in [5.41, 5.74) is 1.65. The monoisotopic (exact) mass is 298 g/mol. The lowest BCUT2D eigenvalue weighted by atomic mass is 9.92. The van der Waals surface area contributed by atoms with E-state index in [0.29, 0.717) is 5.91 Å². The van der Waals surface area contributed by atoms with Crippen LogP contribution in [0.15, 0.2) is 24.5 Å². The third-order valence-corrected chi connectivity index (χ3v) is 5.45. The number of fused-ring (bicyclic) bond motifs is 1. The Morgan fingerprint density at radius 2 is 2.05 bits per heavy atom. The molecule has 2 fully saturated rings. The number of carbonyl (C=O) groups excluding carboxylic acids is 1. The lowest BCUT2D eigenvalue weighted by Crippen LogP contribution is -2.46. The van der Waals surface area contributed by atoms with Crippen molar-refractivity contribution in [2.75, 3.05) is 6.54 Å². The van der Waals surface area contributed by atoms with E-state index in [1.165, 1.54) is 12.8 Å². The fourth-order valence-electron chi connectivity index (χ4n) is 4.22. The number of hydrogen-bond donors (Lipinski definition) is 0. The van der Waals surface area contributed by atoms with E-state index >= 15 is 0 Å². The van der Waals surface area contributed by atoms with Crippen LogP contribution in [-0.4, -0.2) is 31.9 Å². The van der Waals surface area contributed by atoms with Crippen LogP contribution >= 0.6 is 0 Å². The molecule has 2 aliphatic rings. The standard InChI is InChI=1S/C17H22N4O/c1-17(14-7-10-18-15-8-11-19-21(14)15)9-4-12-20(17)16(22)13-5-2-3-6-13/h7-8,10-11,13H,2-6,9,12H2,1H3. The Morgan fingerprint density at radius 3 is 2.86 bits per heavy atom. The molecule has 1 unspecified atom stereocenters. The first-order chi connectivity index (χ1) is 10.7. The van der Waals surface area contributed by atoms with E-state index in [-0.39, 0.29) is 11.5 Å². The predicted octanol–water partition coefficient (Wildman–Crippen LogP) is 2.76. The molecular formula is C17H22N4O. The first kappa shape index (κ1) is 13.7. The highest BCUT2D eigenvalue weighted by molar-refractivity contribution is 5.80. The van der Waals surface area contributed by atoms with Gasteiger partial charge in [-0.1, -0.05) is 12.8 Å². The number of nitrogens with zero attached hydrogens (tertiary/aromatic N) is 4. The van der Waals surface area contributed by atoms with Gasteiger partial charge in [-0.25, -0.2) is 9.50 Å². The average Bonchev–Trinajstić information content (AvgIpc) is 3.26. The maximum absolute atomic E-state index is 13.0. The normalized spacial score (nSPS) is 26.1. The van der Waals surface area contributed by atoms with Crippen LogP contribution in [0.25, 0.3) is 5.65 Å². The second-order valence-electron chi connectivity index (χ2n) is 6.78. The largest absolute Gasteiger partial charge is 0.331 e. The number of amides is 1. The van der Waals surface area contributed by atoms with Crippen LogP contribution in [0.3, 0.4) is 0 Å². The highest BCUT2D eigenvalue weighted by atomic mass is 16.2. The van der Waals surface area contributed by atoms with Crippen molar-refractivity contribution in [1.82, 2.24) is 19.5 Å². The predicted molar refractivity (Wildman–Crippen MR) is 83.2 cm³/mol. The molecule has 0 N–H and O–H groups in total. The molecule has 0 aromatic carbocycles. The Bertz CT molecular complexity index is 704. The molecule has 1 amide bonds. The molecule has 0 radical (unpaired) electrons. The van der Waals surface area contributed by atoms with Gasteiger partial charge in [-0.05, 0) is 38.7 Å². The zero-order valence-corrected chi connectivity index (χ0v) is 13.0. The van der Waals surface area contributed by atoms with Gasteiger partial charge in [-0.15, -0.1) is 0 Å². The number of aromatic nitrogens is 3. The van der Waals surface area contributed by atoms with Crippen molar-refractivity contribution < 1.29 is 4.79 Å². The molecule has 1 atom stereocenters. The molecule has 4 rings (SSSR count). The lowest BCUT2D eigenvalue weighted by Gasteiger charge is -2.37. The van der Waals surface area contributed by atoms with E-state index in [1.54, 1.807) is 6.20 Å². The molecule has 22 heavy (non-hydrogen) atoms. The van der Waals surface area contributed by atoms with E-state index in [9.17, 15) is 4.79 Å². The molecule has 2 aromatic rings. The summed E-state index contributed by atoms with van der Waals surface area (Å²) in [7, 11) is 0. The molecule has 5 heteroatoms. The van der Waals surface area contributed by atoms with Crippen molar-refractivity contribution in [1.29, 1.82) is 0 Å². The van der Waals surface area contributed by atoms with Gasteiger partial charge in [0.2, 0.25) is 5.91 Å². The third-order valence-electron chi connectivity index (χ3n) is 5.45. The van der Waals surface area contributed by atoms with Crippen LogP contribution in [0.5, 0.6) is 0 Å². The molecule has 0 spiro atoms. The van der Waals surface area contributed by atoms with Gasteiger partial charge in [-0.2, -0.15) is 5.10 Å². The molecule has 5 nitrogen and oxygen atoms in total. The van der Waals surface area contributed by atoms with Crippen LogP contribution < -0.4 is 0 Å².